The van der Waals surface area contributed by atoms with Crippen LogP contribution in [0.1, 0.15) is 238 Å². The van der Waals surface area contributed by atoms with Gasteiger partial charge in [-0.3, -0.25) is 0 Å². The molecule has 2 aliphatic rings. The molecule has 1 saturated carbocycles. The van der Waals surface area contributed by atoms with Crippen molar-refractivity contribution in [3.8, 4) is 0 Å². The quantitative estimate of drug-likeness (QED) is 0.0437. The van der Waals surface area contributed by atoms with E-state index in [2.05, 4.69) is 255 Å². The first-order valence-corrected chi connectivity index (χ1v) is 51.4. The van der Waals surface area contributed by atoms with Crippen LogP contribution in [0, 0.1) is 29.6 Å². The number of hydrogen-bond acceptors (Lipinski definition) is 10. The standard InChI is InChI=1S/C75H152O8S2Si5/c1-35-40-64(46-58(17)45-59(18)47-69(77-29)72(82-87(33,34)75(25,26)27)70(78-30)49-61(20)73-84-43-39-44-85-73)67(79-86(31,32)74(22,23)24)51-66(81-90(55(11)12,56(13)14)57(15)16)62(21)71(83-88(36-2,37-3)38-4)60(19)48-63-41-42-65(68(50-63)76-28)80-89(52(5)6,53(7)8)54(9)10/h35,46,48,52-57,59,61-73H,1,36-45,47,49-51H2,2-34H3/b58-46+,60-48+/t59-,61+,62+,63-,64+,65+,66-,67+,68+,69-,70-,71+,72+/m0/s1. The normalized spacial score (nSPS) is 22.4. The topological polar surface area (TPSA) is 73.8 Å². The zero-order chi connectivity index (χ0) is 69.3. The summed E-state index contributed by atoms with van der Waals surface area (Å²) < 4.78 is 59.7. The van der Waals surface area contributed by atoms with Gasteiger partial charge in [-0.2, -0.15) is 0 Å². The van der Waals surface area contributed by atoms with Crippen molar-refractivity contribution in [3.05, 3.63) is 36.0 Å². The Balaban J connectivity index is 2.96. The van der Waals surface area contributed by atoms with E-state index in [-0.39, 0.29) is 70.7 Å². The van der Waals surface area contributed by atoms with Crippen LogP contribution in [-0.4, -0.2) is 128 Å². The van der Waals surface area contributed by atoms with Crippen LogP contribution < -0.4 is 0 Å². The van der Waals surface area contributed by atoms with Crippen LogP contribution in [0.3, 0.4) is 0 Å². The van der Waals surface area contributed by atoms with Crippen molar-refractivity contribution in [3.63, 3.8) is 0 Å². The second-order valence-electron chi connectivity index (χ2n) is 33.8. The van der Waals surface area contributed by atoms with Gasteiger partial charge in [0.15, 0.2) is 25.0 Å². The van der Waals surface area contributed by atoms with E-state index in [1.165, 1.54) is 29.1 Å². The number of rotatable bonds is 41. The summed E-state index contributed by atoms with van der Waals surface area (Å²) in [5.41, 5.74) is 5.58. The van der Waals surface area contributed by atoms with Crippen molar-refractivity contribution in [2.24, 2.45) is 29.6 Å². The summed E-state index contributed by atoms with van der Waals surface area (Å²) in [6, 6.07) is 3.27. The highest BCUT2D eigenvalue weighted by molar-refractivity contribution is 8.17. The fourth-order valence-electron chi connectivity index (χ4n) is 15.9. The van der Waals surface area contributed by atoms with Crippen LogP contribution >= 0.6 is 23.5 Å². The highest BCUT2D eigenvalue weighted by Crippen LogP contribution is 2.50. The van der Waals surface area contributed by atoms with Gasteiger partial charge in [-0.1, -0.05) is 190 Å². The second-order valence-corrected chi connectivity index (χ2v) is 61.7. The molecule has 532 valence electrons. The molecule has 15 heteroatoms. The highest BCUT2D eigenvalue weighted by Gasteiger charge is 2.52. The summed E-state index contributed by atoms with van der Waals surface area (Å²) >= 11 is 4.26. The molecule has 0 aromatic heterocycles. The monoisotopic (exact) mass is 1380 g/mol. The fraction of sp³-hybridized carbons (Fsp3) is 0.920. The molecule has 0 unspecified atom stereocenters. The molecule has 0 spiro atoms. The summed E-state index contributed by atoms with van der Waals surface area (Å²) in [5.74, 6) is 3.83. The van der Waals surface area contributed by atoms with Crippen LogP contribution in [0.5, 0.6) is 0 Å². The predicted molar refractivity (Wildman–Crippen MR) is 413 cm³/mol. The molecule has 90 heavy (non-hydrogen) atoms. The third-order valence-electron chi connectivity index (χ3n) is 23.5. The maximum absolute atomic E-state index is 8.39. The molecular weight excluding hydrogens is 1230 g/mol. The van der Waals surface area contributed by atoms with Crippen LogP contribution in [0.4, 0.5) is 0 Å². The summed E-state index contributed by atoms with van der Waals surface area (Å²) in [6.45, 7) is 76.9. The lowest BCUT2D eigenvalue weighted by atomic mass is 9.81. The molecule has 13 atom stereocenters. The zero-order valence-electron chi connectivity index (χ0n) is 65.5. The van der Waals surface area contributed by atoms with Gasteiger partial charge in [0.1, 0.15) is 0 Å². The lowest BCUT2D eigenvalue weighted by Gasteiger charge is -2.49. The maximum Gasteiger partial charge on any atom is 0.200 e. The average molecular weight is 1390 g/mol. The Bertz CT molecular complexity index is 2040. The average Bonchev–Trinajstić information content (AvgIpc) is 1.04. The van der Waals surface area contributed by atoms with E-state index in [0.29, 0.717) is 55.6 Å². The number of allylic oxidation sites excluding steroid dienone is 3. The van der Waals surface area contributed by atoms with E-state index >= 15 is 0 Å². The fourth-order valence-corrected chi connectivity index (χ4v) is 36.0. The number of hydrogen-bond donors (Lipinski definition) is 0. The molecule has 0 aromatic rings. The zero-order valence-corrected chi connectivity index (χ0v) is 72.1. The van der Waals surface area contributed by atoms with Gasteiger partial charge in [0.05, 0.1) is 53.4 Å². The lowest BCUT2D eigenvalue weighted by molar-refractivity contribution is -0.0934. The minimum atomic E-state index is -2.48. The predicted octanol–water partition coefficient (Wildman–Crippen LogP) is 23.9. The summed E-state index contributed by atoms with van der Waals surface area (Å²) in [4.78, 5) is 0. The molecule has 1 heterocycles. The van der Waals surface area contributed by atoms with E-state index in [1.807, 2.05) is 21.3 Å². The Morgan fingerprint density at radius 3 is 1.49 bits per heavy atom. The van der Waals surface area contributed by atoms with Gasteiger partial charge in [0, 0.05) is 33.2 Å². The molecule has 1 aliphatic heterocycles. The van der Waals surface area contributed by atoms with Gasteiger partial charge in [-0.25, -0.2) is 0 Å². The number of thioether (sulfide) groups is 2. The smallest absolute Gasteiger partial charge is 0.200 e. The van der Waals surface area contributed by atoms with E-state index in [1.54, 1.807) is 0 Å². The van der Waals surface area contributed by atoms with Gasteiger partial charge in [-0.15, -0.1) is 30.1 Å². The summed E-state index contributed by atoms with van der Waals surface area (Å²) in [5, 5.41) is 0.0469. The largest absolute Gasteiger partial charge is 0.413 e. The third kappa shape index (κ3) is 23.4. The molecule has 8 nitrogen and oxygen atoms in total. The van der Waals surface area contributed by atoms with Crippen molar-refractivity contribution in [1.82, 2.24) is 0 Å². The van der Waals surface area contributed by atoms with Crippen molar-refractivity contribution in [2.75, 3.05) is 32.8 Å². The van der Waals surface area contributed by atoms with Crippen LogP contribution in [-0.2, 0) is 36.3 Å². The minimum Gasteiger partial charge on any atom is -0.413 e. The molecule has 1 aliphatic carbocycles. The molecule has 0 radical (unpaired) electrons. The Morgan fingerprint density at radius 1 is 0.578 bits per heavy atom. The molecule has 0 amide bonds. The van der Waals surface area contributed by atoms with Crippen LogP contribution in [0.25, 0.3) is 0 Å². The van der Waals surface area contributed by atoms with Crippen molar-refractivity contribution < 1.29 is 36.3 Å². The Morgan fingerprint density at radius 2 is 1.06 bits per heavy atom. The molecule has 0 N–H and O–H groups in total. The van der Waals surface area contributed by atoms with Gasteiger partial charge < -0.3 is 36.3 Å². The summed E-state index contributed by atoms with van der Waals surface area (Å²) in [7, 11) is -5.63. The molecular formula is C75H152O8S2Si5. The van der Waals surface area contributed by atoms with Crippen LogP contribution in [0.2, 0.25) is 87.6 Å². The van der Waals surface area contributed by atoms with Crippen LogP contribution in [0.15, 0.2) is 36.0 Å². The lowest BCUT2D eigenvalue weighted by Crippen LogP contribution is -2.55. The van der Waals surface area contributed by atoms with Gasteiger partial charge in [0.2, 0.25) is 16.6 Å². The molecule has 0 bridgehead atoms. The van der Waals surface area contributed by atoms with E-state index in [0.717, 1.165) is 69.5 Å². The molecule has 2 rings (SSSR count). The van der Waals surface area contributed by atoms with Crippen molar-refractivity contribution >= 4 is 65.1 Å². The first-order valence-electron chi connectivity index (χ1n) is 36.7. The van der Waals surface area contributed by atoms with E-state index < -0.39 is 41.6 Å². The van der Waals surface area contributed by atoms with Gasteiger partial charge in [-0.05, 0) is 194 Å². The van der Waals surface area contributed by atoms with Gasteiger partial charge in [0.25, 0.3) is 0 Å². The first kappa shape index (κ1) is 86.8. The van der Waals surface area contributed by atoms with Crippen molar-refractivity contribution in [1.29, 1.82) is 0 Å². The molecule has 1 saturated heterocycles. The van der Waals surface area contributed by atoms with E-state index in [4.69, 9.17) is 36.3 Å². The Labute approximate surface area is 574 Å². The molecule has 2 fully saturated rings. The Kier molecular flexibility index (Phi) is 36.9. The maximum atomic E-state index is 8.39. The van der Waals surface area contributed by atoms with Crippen molar-refractivity contribution in [2.45, 2.75) is 379 Å². The highest BCUT2D eigenvalue weighted by atomic mass is 32.2. The SMILES string of the molecule is C=CC[C@H](/C=C(\C)C[C@H](C)C[C@H](OC)[C@@H](O[Si](C)(C)C(C)(C)C)[C@H](C[C@@H](C)C1SCCCS1)OC)[C@@H](C[C@H](O[Si](C(C)C)(C(C)C)C(C)C)[C@@H](C)[C@H](O[Si](CC)(CC)CC)/C(C)=C/[C@@H]1CC[C@@H](O[Si](C(C)C)(C(C)C)C(C)C)[C@H](OC)C1)O[Si](C)(C)C(C)(C)C. The third-order valence-corrected chi connectivity index (χ3v) is 52.8. The number of methoxy groups -OCH3 is 3. The minimum absolute atomic E-state index is 0.00135. The molecule has 0 aromatic carbocycles. The Hall–Kier alpha value is 0.684. The number of ether oxygens (including phenoxy) is 3. The summed E-state index contributed by atoms with van der Waals surface area (Å²) in [6.07, 6.45) is 15.6. The van der Waals surface area contributed by atoms with Gasteiger partial charge >= 0.3 is 0 Å². The first-order chi connectivity index (χ1) is 41.5. The second kappa shape index (κ2) is 38.3. The van der Waals surface area contributed by atoms with E-state index in [9.17, 15) is 0 Å².